The van der Waals surface area contributed by atoms with Crippen LogP contribution in [0.15, 0.2) is 42.5 Å². The summed E-state index contributed by atoms with van der Waals surface area (Å²) in [5.74, 6) is 0.485. The topological polar surface area (TPSA) is 73.9 Å². The molecule has 7 heteroatoms. The summed E-state index contributed by atoms with van der Waals surface area (Å²) in [4.78, 5) is 29.4. The third-order valence-corrected chi connectivity index (χ3v) is 5.83. The monoisotopic (exact) mass is 424 g/mol. The molecule has 1 heterocycles. The van der Waals surface area contributed by atoms with Crippen LogP contribution in [0.1, 0.15) is 18.1 Å². The first kappa shape index (κ1) is 22.6. The third kappa shape index (κ3) is 5.76. The summed E-state index contributed by atoms with van der Waals surface area (Å²) in [7, 11) is 1.67. The van der Waals surface area contributed by atoms with Crippen molar-refractivity contribution in [2.24, 2.45) is 0 Å². The number of ether oxygens (including phenoxy) is 1. The molecule has 1 aliphatic heterocycles. The summed E-state index contributed by atoms with van der Waals surface area (Å²) in [5.41, 5.74) is 3.94. The highest BCUT2D eigenvalue weighted by Gasteiger charge is 2.26. The highest BCUT2D eigenvalue weighted by molar-refractivity contribution is 5.96. The maximum Gasteiger partial charge on any atom is 0.243 e. The minimum Gasteiger partial charge on any atom is -0.497 e. The number of carbonyl (C=O) groups excluding carboxylic acids is 2. The van der Waals surface area contributed by atoms with Crippen LogP contribution < -0.4 is 20.3 Å². The largest absolute Gasteiger partial charge is 0.497 e. The van der Waals surface area contributed by atoms with Crippen LogP contribution in [0, 0.1) is 13.8 Å². The number of methoxy groups -OCH3 is 1. The summed E-state index contributed by atoms with van der Waals surface area (Å²) in [6.45, 7) is 8.97. The Morgan fingerprint density at radius 1 is 1.03 bits per heavy atom. The van der Waals surface area contributed by atoms with Crippen LogP contribution >= 0.6 is 0 Å². The van der Waals surface area contributed by atoms with Gasteiger partial charge >= 0.3 is 0 Å². The lowest BCUT2D eigenvalue weighted by Gasteiger charge is -2.38. The van der Waals surface area contributed by atoms with Gasteiger partial charge in [0.15, 0.2) is 0 Å². The van der Waals surface area contributed by atoms with Crippen molar-refractivity contribution in [3.8, 4) is 5.75 Å². The smallest absolute Gasteiger partial charge is 0.243 e. The van der Waals surface area contributed by atoms with Gasteiger partial charge in [-0.3, -0.25) is 14.5 Å². The van der Waals surface area contributed by atoms with E-state index < -0.39 is 0 Å². The summed E-state index contributed by atoms with van der Waals surface area (Å²) < 4.78 is 5.31. The summed E-state index contributed by atoms with van der Waals surface area (Å²) in [6, 6.07) is 13.6. The lowest BCUT2D eigenvalue weighted by molar-refractivity contribution is -0.128. The molecule has 2 amide bonds. The number of hydrogen-bond donors (Lipinski definition) is 2. The second-order valence-electron chi connectivity index (χ2n) is 7.93. The van der Waals surface area contributed by atoms with E-state index in [2.05, 4.69) is 26.5 Å². The molecule has 1 aliphatic rings. The number of amides is 2. The molecule has 1 fully saturated rings. The zero-order valence-corrected chi connectivity index (χ0v) is 18.8. The van der Waals surface area contributed by atoms with Gasteiger partial charge in [-0.1, -0.05) is 24.3 Å². The molecule has 2 N–H and O–H groups in total. The molecule has 31 heavy (non-hydrogen) atoms. The van der Waals surface area contributed by atoms with Crippen LogP contribution in [-0.2, 0) is 9.59 Å². The second kappa shape index (κ2) is 10.3. The van der Waals surface area contributed by atoms with Crippen molar-refractivity contribution in [2.75, 3.05) is 50.1 Å². The Hall–Kier alpha value is -3.06. The molecule has 166 valence electrons. The van der Waals surface area contributed by atoms with Gasteiger partial charge in [0.25, 0.3) is 0 Å². The lowest BCUT2D eigenvalue weighted by atomic mass is 10.1. The molecule has 0 aliphatic carbocycles. The van der Waals surface area contributed by atoms with E-state index in [4.69, 9.17) is 4.74 Å². The van der Waals surface area contributed by atoms with Gasteiger partial charge in [-0.2, -0.15) is 0 Å². The maximum absolute atomic E-state index is 12.6. The number of rotatable bonds is 7. The Bertz CT molecular complexity index is 903. The molecule has 3 rings (SSSR count). The van der Waals surface area contributed by atoms with Crippen molar-refractivity contribution < 1.29 is 14.3 Å². The number of nitrogens with one attached hydrogen (secondary N) is 2. The SMILES string of the molecule is COc1cccc(N2CCN([C@H](C)C(=O)NCC(=O)Nc3c(C)cccc3C)CC2)c1. The minimum atomic E-state index is -0.291. The molecule has 7 nitrogen and oxygen atoms in total. The Morgan fingerprint density at radius 3 is 2.32 bits per heavy atom. The van der Waals surface area contributed by atoms with Gasteiger partial charge in [-0.05, 0) is 44.0 Å². The van der Waals surface area contributed by atoms with E-state index in [0.29, 0.717) is 0 Å². The third-order valence-electron chi connectivity index (χ3n) is 5.83. The molecular weight excluding hydrogens is 392 g/mol. The Morgan fingerprint density at radius 2 is 1.68 bits per heavy atom. The molecule has 1 atom stereocenters. The van der Waals surface area contributed by atoms with Crippen molar-refractivity contribution in [3.05, 3.63) is 53.6 Å². The van der Waals surface area contributed by atoms with Gasteiger partial charge < -0.3 is 20.3 Å². The number of hydrogen-bond acceptors (Lipinski definition) is 5. The minimum absolute atomic E-state index is 0.0409. The van der Waals surface area contributed by atoms with Gasteiger partial charge in [-0.25, -0.2) is 0 Å². The average Bonchev–Trinajstić information content (AvgIpc) is 2.79. The molecule has 0 unspecified atom stereocenters. The van der Waals surface area contributed by atoms with Crippen LogP contribution in [0.4, 0.5) is 11.4 Å². The highest BCUT2D eigenvalue weighted by Crippen LogP contribution is 2.22. The van der Waals surface area contributed by atoms with Crippen LogP contribution in [0.5, 0.6) is 5.75 Å². The summed E-state index contributed by atoms with van der Waals surface area (Å²) >= 11 is 0. The van der Waals surface area contributed by atoms with E-state index in [1.54, 1.807) is 7.11 Å². The fraction of sp³-hybridized carbons (Fsp3) is 0.417. The van der Waals surface area contributed by atoms with E-state index in [9.17, 15) is 9.59 Å². The standard InChI is InChI=1S/C24H32N4O3/c1-17-7-5-8-18(2)23(17)26-22(29)16-25-24(30)19(3)27-11-13-28(14-12-27)20-9-6-10-21(15-20)31-4/h5-10,15,19H,11-14,16H2,1-4H3,(H,25,30)(H,26,29)/t19-/m1/s1. The quantitative estimate of drug-likeness (QED) is 0.715. The Labute approximate surface area is 184 Å². The second-order valence-corrected chi connectivity index (χ2v) is 7.93. The average molecular weight is 425 g/mol. The van der Waals surface area contributed by atoms with Crippen molar-refractivity contribution in [3.63, 3.8) is 0 Å². The summed E-state index contributed by atoms with van der Waals surface area (Å²) in [6.07, 6.45) is 0. The van der Waals surface area contributed by atoms with Crippen molar-refractivity contribution in [1.29, 1.82) is 0 Å². The van der Waals surface area contributed by atoms with Gasteiger partial charge in [0.05, 0.1) is 19.7 Å². The van der Waals surface area contributed by atoms with Gasteiger partial charge in [0.2, 0.25) is 11.8 Å². The normalized spacial score (nSPS) is 15.3. The van der Waals surface area contributed by atoms with Crippen molar-refractivity contribution in [2.45, 2.75) is 26.8 Å². The van der Waals surface area contributed by atoms with E-state index in [0.717, 1.165) is 54.4 Å². The number of aryl methyl sites for hydroxylation is 2. The van der Waals surface area contributed by atoms with Crippen molar-refractivity contribution >= 4 is 23.2 Å². The number of carbonyl (C=O) groups is 2. The first-order valence-corrected chi connectivity index (χ1v) is 10.7. The zero-order valence-electron chi connectivity index (χ0n) is 18.8. The van der Waals surface area contributed by atoms with Crippen LogP contribution in [0.25, 0.3) is 0 Å². The van der Waals surface area contributed by atoms with Crippen molar-refractivity contribution in [1.82, 2.24) is 10.2 Å². The molecule has 0 bridgehead atoms. The summed E-state index contributed by atoms with van der Waals surface area (Å²) in [5, 5.41) is 5.68. The fourth-order valence-corrected chi connectivity index (χ4v) is 3.85. The Kier molecular flexibility index (Phi) is 7.52. The zero-order chi connectivity index (χ0) is 22.4. The molecule has 1 saturated heterocycles. The molecule has 2 aromatic rings. The predicted molar refractivity (Wildman–Crippen MR) is 124 cm³/mol. The molecule has 0 saturated carbocycles. The number of benzene rings is 2. The highest BCUT2D eigenvalue weighted by atomic mass is 16.5. The van der Waals surface area contributed by atoms with Gasteiger partial charge in [-0.15, -0.1) is 0 Å². The molecule has 2 aromatic carbocycles. The molecule has 0 spiro atoms. The maximum atomic E-state index is 12.6. The fourth-order valence-electron chi connectivity index (χ4n) is 3.85. The van der Waals surface area contributed by atoms with Crippen LogP contribution in [0.3, 0.4) is 0 Å². The number of nitrogens with zero attached hydrogens (tertiary/aromatic N) is 2. The predicted octanol–water partition coefficient (Wildman–Crippen LogP) is 2.58. The number of piperazine rings is 1. The van der Waals surface area contributed by atoms with E-state index in [1.807, 2.05) is 57.2 Å². The van der Waals surface area contributed by atoms with Crippen LogP contribution in [0.2, 0.25) is 0 Å². The van der Waals surface area contributed by atoms with Gasteiger partial charge in [0, 0.05) is 43.6 Å². The first-order valence-electron chi connectivity index (χ1n) is 10.7. The van der Waals surface area contributed by atoms with E-state index in [1.165, 1.54) is 0 Å². The van der Waals surface area contributed by atoms with E-state index >= 15 is 0 Å². The lowest BCUT2D eigenvalue weighted by Crippen LogP contribution is -2.54. The van der Waals surface area contributed by atoms with E-state index in [-0.39, 0.29) is 24.4 Å². The Balaban J connectivity index is 1.46. The molecule has 0 radical (unpaired) electrons. The number of para-hydroxylation sites is 1. The van der Waals surface area contributed by atoms with Crippen LogP contribution in [-0.4, -0.2) is 62.6 Å². The molecular formula is C24H32N4O3. The molecule has 0 aromatic heterocycles. The first-order chi connectivity index (χ1) is 14.9. The van der Waals surface area contributed by atoms with Gasteiger partial charge in [0.1, 0.15) is 5.75 Å². The number of anilines is 2.